The Bertz CT molecular complexity index is 1160. The monoisotopic (exact) mass is 444 g/mol. The summed E-state index contributed by atoms with van der Waals surface area (Å²) in [5.74, 6) is -0.426. The number of amides is 6. The number of hydrogen-bond acceptors (Lipinski definition) is 4. The molecule has 0 radical (unpaired) electrons. The molecule has 0 bridgehead atoms. The minimum atomic E-state index is -0.786. The van der Waals surface area contributed by atoms with Crippen LogP contribution in [0.2, 0.25) is 0 Å². The van der Waals surface area contributed by atoms with Crippen molar-refractivity contribution in [1.82, 2.24) is 15.1 Å². The molecule has 2 saturated heterocycles. The van der Waals surface area contributed by atoms with Crippen LogP contribution in [0.1, 0.15) is 42.4 Å². The van der Waals surface area contributed by atoms with Crippen molar-refractivity contribution in [3.63, 3.8) is 0 Å². The van der Waals surface area contributed by atoms with E-state index >= 15 is 0 Å². The van der Waals surface area contributed by atoms with E-state index in [2.05, 4.69) is 5.32 Å². The molecule has 0 aromatic heterocycles. The normalized spacial score (nSPS) is 23.4. The van der Waals surface area contributed by atoms with Crippen LogP contribution in [0.3, 0.4) is 0 Å². The van der Waals surface area contributed by atoms with Crippen molar-refractivity contribution in [3.8, 4) is 0 Å². The van der Waals surface area contributed by atoms with Gasteiger partial charge in [0.25, 0.3) is 11.8 Å². The standard InChI is InChI=1S/C25H24N4O4/c30-21-20-13-17-7-1-2-8-18(17)15-27(20)24(33)28(21)14-16-6-5-9-19(12-16)29-22(31)25(26-23(29)32)10-3-4-11-25/h1-2,5-9,12,20H,3-4,10-11,13-15H2,(H,26,32)/t20-/m0/s1. The van der Waals surface area contributed by atoms with E-state index in [0.717, 1.165) is 24.0 Å². The van der Waals surface area contributed by atoms with Crippen LogP contribution in [-0.2, 0) is 29.1 Å². The van der Waals surface area contributed by atoms with E-state index in [4.69, 9.17) is 0 Å². The third kappa shape index (κ3) is 2.97. The molecule has 1 saturated carbocycles. The highest BCUT2D eigenvalue weighted by Gasteiger charge is 2.53. The number of urea groups is 2. The Morgan fingerprint density at radius 3 is 2.48 bits per heavy atom. The van der Waals surface area contributed by atoms with Gasteiger partial charge < -0.3 is 10.2 Å². The minimum Gasteiger partial charge on any atom is -0.323 e. The number of anilines is 1. The number of nitrogens with zero attached hydrogens (tertiary/aromatic N) is 3. The molecule has 6 amide bonds. The van der Waals surface area contributed by atoms with Gasteiger partial charge in [0.2, 0.25) is 0 Å². The van der Waals surface area contributed by atoms with Gasteiger partial charge in [-0.2, -0.15) is 0 Å². The molecule has 1 N–H and O–H groups in total. The average Bonchev–Trinajstić information content (AvgIpc) is 3.45. The Morgan fingerprint density at radius 1 is 0.939 bits per heavy atom. The largest absolute Gasteiger partial charge is 0.329 e. The van der Waals surface area contributed by atoms with Crippen molar-refractivity contribution >= 4 is 29.6 Å². The summed E-state index contributed by atoms with van der Waals surface area (Å²) in [7, 11) is 0. The van der Waals surface area contributed by atoms with Gasteiger partial charge in [-0.05, 0) is 41.7 Å². The summed E-state index contributed by atoms with van der Waals surface area (Å²) in [4.78, 5) is 56.1. The lowest BCUT2D eigenvalue weighted by molar-refractivity contribution is -0.129. The fourth-order valence-corrected chi connectivity index (χ4v) is 5.67. The number of hydrogen-bond donors (Lipinski definition) is 1. The van der Waals surface area contributed by atoms with Gasteiger partial charge in [-0.15, -0.1) is 0 Å². The summed E-state index contributed by atoms with van der Waals surface area (Å²) in [6, 6.07) is 13.7. The molecule has 3 heterocycles. The lowest BCUT2D eigenvalue weighted by Crippen LogP contribution is -2.44. The maximum Gasteiger partial charge on any atom is 0.329 e. The Morgan fingerprint density at radius 2 is 1.70 bits per heavy atom. The fraction of sp³-hybridized carbons (Fsp3) is 0.360. The van der Waals surface area contributed by atoms with Gasteiger partial charge in [0.1, 0.15) is 11.6 Å². The van der Waals surface area contributed by atoms with Crippen molar-refractivity contribution in [2.45, 2.75) is 56.8 Å². The highest BCUT2D eigenvalue weighted by molar-refractivity contribution is 6.23. The highest BCUT2D eigenvalue weighted by Crippen LogP contribution is 2.37. The third-order valence-electron chi connectivity index (χ3n) is 7.40. The molecule has 1 aliphatic carbocycles. The molecule has 3 aliphatic heterocycles. The highest BCUT2D eigenvalue weighted by atomic mass is 16.2. The van der Waals surface area contributed by atoms with Crippen LogP contribution < -0.4 is 10.2 Å². The van der Waals surface area contributed by atoms with Gasteiger partial charge in [0.15, 0.2) is 0 Å². The van der Waals surface area contributed by atoms with Crippen LogP contribution in [0, 0.1) is 0 Å². The van der Waals surface area contributed by atoms with Crippen LogP contribution in [0.15, 0.2) is 48.5 Å². The quantitative estimate of drug-likeness (QED) is 0.737. The fourth-order valence-electron chi connectivity index (χ4n) is 5.67. The number of imide groups is 2. The molecule has 1 spiro atoms. The van der Waals surface area contributed by atoms with Crippen LogP contribution >= 0.6 is 0 Å². The molecule has 1 atom stereocenters. The summed E-state index contributed by atoms with van der Waals surface area (Å²) in [5, 5.41) is 2.89. The summed E-state index contributed by atoms with van der Waals surface area (Å²) in [5.41, 5.74) is 2.54. The molecule has 8 nitrogen and oxygen atoms in total. The number of fused-ring (bicyclic) bond motifs is 2. The van der Waals surface area contributed by atoms with E-state index in [0.29, 0.717) is 37.1 Å². The first-order chi connectivity index (χ1) is 16.0. The Hall–Kier alpha value is -3.68. The number of nitrogens with one attached hydrogen (secondary N) is 1. The SMILES string of the molecule is O=C1[C@@H]2Cc3ccccc3CN2C(=O)N1Cc1cccc(N2C(=O)NC3(CCCC3)C2=O)c1. The van der Waals surface area contributed by atoms with Crippen LogP contribution in [-0.4, -0.2) is 45.3 Å². The third-order valence-corrected chi connectivity index (χ3v) is 7.40. The second-order valence-corrected chi connectivity index (χ2v) is 9.35. The van der Waals surface area contributed by atoms with Gasteiger partial charge in [0, 0.05) is 13.0 Å². The average molecular weight is 444 g/mol. The molecular weight excluding hydrogens is 420 g/mol. The smallest absolute Gasteiger partial charge is 0.323 e. The maximum atomic E-state index is 13.1. The molecule has 0 unspecified atom stereocenters. The summed E-state index contributed by atoms with van der Waals surface area (Å²) in [6.45, 7) is 0.524. The molecule has 168 valence electrons. The molecule has 33 heavy (non-hydrogen) atoms. The van der Waals surface area contributed by atoms with Crippen molar-refractivity contribution in [2.24, 2.45) is 0 Å². The Labute approximate surface area is 191 Å². The van der Waals surface area contributed by atoms with Crippen molar-refractivity contribution in [2.75, 3.05) is 4.90 Å². The molecular formula is C25H24N4O4. The molecule has 8 heteroatoms. The second-order valence-electron chi connectivity index (χ2n) is 9.35. The van der Waals surface area contributed by atoms with E-state index in [1.165, 1.54) is 9.80 Å². The molecule has 2 aromatic rings. The van der Waals surface area contributed by atoms with E-state index in [1.807, 2.05) is 24.3 Å². The minimum absolute atomic E-state index is 0.101. The number of rotatable bonds is 3. The zero-order chi connectivity index (χ0) is 22.7. The second kappa shape index (κ2) is 7.16. The summed E-state index contributed by atoms with van der Waals surface area (Å²) >= 11 is 0. The zero-order valence-corrected chi connectivity index (χ0v) is 18.1. The number of benzene rings is 2. The number of carbonyl (C=O) groups is 4. The molecule has 4 aliphatic rings. The van der Waals surface area contributed by atoms with Gasteiger partial charge in [-0.25, -0.2) is 14.5 Å². The molecule has 2 aromatic carbocycles. The first-order valence-electron chi connectivity index (χ1n) is 11.4. The molecule has 6 rings (SSSR count). The Kier molecular flexibility index (Phi) is 4.33. The van der Waals surface area contributed by atoms with E-state index in [1.54, 1.807) is 29.2 Å². The number of carbonyl (C=O) groups excluding carboxylic acids is 4. The van der Waals surface area contributed by atoms with Gasteiger partial charge >= 0.3 is 12.1 Å². The lowest BCUT2D eigenvalue weighted by atomic mass is 9.95. The van der Waals surface area contributed by atoms with Crippen molar-refractivity contribution in [3.05, 3.63) is 65.2 Å². The van der Waals surface area contributed by atoms with Gasteiger partial charge in [-0.1, -0.05) is 49.2 Å². The topological polar surface area (TPSA) is 90.0 Å². The van der Waals surface area contributed by atoms with Crippen molar-refractivity contribution in [1.29, 1.82) is 0 Å². The molecule has 3 fully saturated rings. The van der Waals surface area contributed by atoms with E-state index in [9.17, 15) is 19.2 Å². The van der Waals surface area contributed by atoms with Crippen LogP contribution in [0.4, 0.5) is 15.3 Å². The van der Waals surface area contributed by atoms with Crippen LogP contribution in [0.5, 0.6) is 0 Å². The zero-order valence-electron chi connectivity index (χ0n) is 18.1. The first kappa shape index (κ1) is 20.0. The van der Waals surface area contributed by atoms with Gasteiger partial charge in [-0.3, -0.25) is 14.5 Å². The van der Waals surface area contributed by atoms with E-state index < -0.39 is 17.6 Å². The van der Waals surface area contributed by atoms with Crippen molar-refractivity contribution < 1.29 is 19.2 Å². The summed E-state index contributed by atoms with van der Waals surface area (Å²) < 4.78 is 0. The Balaban J connectivity index is 1.24. The lowest BCUT2D eigenvalue weighted by Gasteiger charge is -2.28. The predicted octanol–water partition coefficient (Wildman–Crippen LogP) is 2.94. The summed E-state index contributed by atoms with van der Waals surface area (Å²) in [6.07, 6.45) is 3.66. The first-order valence-corrected chi connectivity index (χ1v) is 11.4. The van der Waals surface area contributed by atoms with Gasteiger partial charge in [0.05, 0.1) is 12.2 Å². The predicted molar refractivity (Wildman–Crippen MR) is 119 cm³/mol. The van der Waals surface area contributed by atoms with E-state index in [-0.39, 0.29) is 24.4 Å². The maximum absolute atomic E-state index is 13.1. The van der Waals surface area contributed by atoms with Crippen LogP contribution in [0.25, 0.3) is 0 Å².